The average molecular weight is 444 g/mol. The summed E-state index contributed by atoms with van der Waals surface area (Å²) in [5.74, 6) is -5.23. The molecule has 1 heterocycles. The normalized spacial score (nSPS) is 11.6. The zero-order chi connectivity index (χ0) is 23.0. The van der Waals surface area contributed by atoms with Crippen LogP contribution in [-0.4, -0.2) is 47.1 Å². The first-order valence-corrected chi connectivity index (χ1v) is 9.67. The highest BCUT2D eigenvalue weighted by atomic mass is 19.3. The molecule has 31 heavy (non-hydrogen) atoms. The molecule has 0 atom stereocenters. The van der Waals surface area contributed by atoms with Crippen LogP contribution in [0.15, 0.2) is 30.5 Å². The number of nitrogens with one attached hydrogen (secondary N) is 2. The standard InChI is InChI=1S/C20H24F4N4O3/c1-3-8-25-18(30)16-15(10-28(4-2)27-16)26-17(29)14-7-5-6-13(9-14)11-31-12-20(23,24)19(21)22/h5-7,9-10,19H,3-4,8,11-12H2,1-2H3,(H,25,30)(H,26,29). The van der Waals surface area contributed by atoms with Crippen LogP contribution in [0.2, 0.25) is 0 Å². The number of ether oxygens (including phenoxy) is 1. The van der Waals surface area contributed by atoms with Crippen LogP contribution in [0.5, 0.6) is 0 Å². The predicted octanol–water partition coefficient (Wildman–Crippen LogP) is 3.71. The fourth-order valence-electron chi connectivity index (χ4n) is 2.53. The molecule has 2 amide bonds. The van der Waals surface area contributed by atoms with Crippen molar-refractivity contribution < 1.29 is 31.9 Å². The number of hydrogen-bond donors (Lipinski definition) is 2. The van der Waals surface area contributed by atoms with Crippen LogP contribution < -0.4 is 10.6 Å². The molecular formula is C20H24F4N4O3. The number of benzene rings is 1. The first-order valence-electron chi connectivity index (χ1n) is 9.67. The first-order chi connectivity index (χ1) is 14.7. The summed E-state index contributed by atoms with van der Waals surface area (Å²) < 4.78 is 56.4. The highest BCUT2D eigenvalue weighted by Crippen LogP contribution is 2.23. The molecule has 0 spiro atoms. The first kappa shape index (κ1) is 24.3. The summed E-state index contributed by atoms with van der Waals surface area (Å²) in [6.45, 7) is 2.86. The van der Waals surface area contributed by atoms with Crippen molar-refractivity contribution in [2.75, 3.05) is 18.5 Å². The molecule has 1 aromatic carbocycles. The van der Waals surface area contributed by atoms with Crippen molar-refractivity contribution >= 4 is 17.5 Å². The van der Waals surface area contributed by atoms with Crippen LogP contribution in [0.3, 0.4) is 0 Å². The van der Waals surface area contributed by atoms with E-state index >= 15 is 0 Å². The van der Waals surface area contributed by atoms with Crippen molar-refractivity contribution in [1.82, 2.24) is 15.1 Å². The molecule has 0 aliphatic carbocycles. The van der Waals surface area contributed by atoms with E-state index in [0.29, 0.717) is 18.7 Å². The van der Waals surface area contributed by atoms with E-state index in [2.05, 4.69) is 20.5 Å². The third kappa shape index (κ3) is 6.78. The summed E-state index contributed by atoms with van der Waals surface area (Å²) in [6.07, 6.45) is -1.56. The Morgan fingerprint density at radius 1 is 1.23 bits per heavy atom. The monoisotopic (exact) mass is 444 g/mol. The molecule has 1 aromatic heterocycles. The van der Waals surface area contributed by atoms with Gasteiger partial charge in [0.05, 0.1) is 12.3 Å². The van der Waals surface area contributed by atoms with E-state index in [0.717, 1.165) is 6.42 Å². The number of halogens is 4. The third-order valence-electron chi connectivity index (χ3n) is 4.16. The van der Waals surface area contributed by atoms with Crippen LogP contribution in [0.1, 0.15) is 46.7 Å². The van der Waals surface area contributed by atoms with E-state index < -0.39 is 30.8 Å². The van der Waals surface area contributed by atoms with E-state index in [1.54, 1.807) is 0 Å². The van der Waals surface area contributed by atoms with E-state index in [4.69, 9.17) is 0 Å². The van der Waals surface area contributed by atoms with Gasteiger partial charge in [0.1, 0.15) is 6.61 Å². The molecule has 2 aromatic rings. The number of nitrogens with zero attached hydrogens (tertiary/aromatic N) is 2. The van der Waals surface area contributed by atoms with E-state index in [9.17, 15) is 27.2 Å². The van der Waals surface area contributed by atoms with Gasteiger partial charge in [-0.05, 0) is 31.0 Å². The molecule has 0 saturated carbocycles. The minimum absolute atomic E-state index is 0.0670. The highest BCUT2D eigenvalue weighted by Gasteiger charge is 2.40. The maximum atomic E-state index is 12.9. The number of amides is 2. The van der Waals surface area contributed by atoms with Crippen LogP contribution in [0.4, 0.5) is 23.2 Å². The number of rotatable bonds is 11. The summed E-state index contributed by atoms with van der Waals surface area (Å²) in [6, 6.07) is 5.88. The van der Waals surface area contributed by atoms with Gasteiger partial charge < -0.3 is 15.4 Å². The summed E-state index contributed by atoms with van der Waals surface area (Å²) in [4.78, 5) is 24.9. The van der Waals surface area contributed by atoms with E-state index in [-0.39, 0.29) is 23.6 Å². The Bertz CT molecular complexity index is 902. The van der Waals surface area contributed by atoms with Crippen LogP contribution in [0.25, 0.3) is 0 Å². The molecule has 0 saturated heterocycles. The summed E-state index contributed by atoms with van der Waals surface area (Å²) in [7, 11) is 0. The molecule has 0 aliphatic heterocycles. The quantitative estimate of drug-likeness (QED) is 0.518. The van der Waals surface area contributed by atoms with Crippen molar-refractivity contribution in [3.63, 3.8) is 0 Å². The maximum Gasteiger partial charge on any atom is 0.330 e. The number of anilines is 1. The van der Waals surface area contributed by atoms with E-state index in [1.807, 2.05) is 13.8 Å². The maximum absolute atomic E-state index is 12.9. The molecule has 0 fully saturated rings. The van der Waals surface area contributed by atoms with Crippen molar-refractivity contribution in [3.05, 3.63) is 47.3 Å². The van der Waals surface area contributed by atoms with Gasteiger partial charge in [0.15, 0.2) is 5.69 Å². The predicted molar refractivity (Wildman–Crippen MR) is 106 cm³/mol. The average Bonchev–Trinajstić information content (AvgIpc) is 3.15. The second kappa shape index (κ2) is 10.9. The Balaban J connectivity index is 2.08. The van der Waals surface area contributed by atoms with Gasteiger partial charge >= 0.3 is 12.3 Å². The van der Waals surface area contributed by atoms with Gasteiger partial charge in [-0.3, -0.25) is 14.3 Å². The molecule has 11 heteroatoms. The largest absolute Gasteiger partial charge is 0.370 e. The van der Waals surface area contributed by atoms with Gasteiger partial charge in [-0.25, -0.2) is 8.78 Å². The summed E-state index contributed by atoms with van der Waals surface area (Å²) >= 11 is 0. The number of alkyl halides is 4. The van der Waals surface area contributed by atoms with Gasteiger partial charge in [0.2, 0.25) is 0 Å². The number of carbonyl (C=O) groups excluding carboxylic acids is 2. The van der Waals surface area contributed by atoms with Gasteiger partial charge in [0.25, 0.3) is 11.8 Å². The van der Waals surface area contributed by atoms with Crippen LogP contribution in [-0.2, 0) is 17.9 Å². The Labute approximate surface area is 176 Å². The third-order valence-corrected chi connectivity index (χ3v) is 4.16. The lowest BCUT2D eigenvalue weighted by atomic mass is 10.1. The smallest absolute Gasteiger partial charge is 0.330 e. The SMILES string of the molecule is CCCNC(=O)c1nn(CC)cc1NC(=O)c1cccc(COCC(F)(F)C(F)F)c1. The minimum atomic E-state index is -4.25. The topological polar surface area (TPSA) is 85.3 Å². The molecule has 2 rings (SSSR count). The Hall–Kier alpha value is -2.95. The molecule has 0 unspecified atom stereocenters. The second-order valence-electron chi connectivity index (χ2n) is 6.71. The lowest BCUT2D eigenvalue weighted by Crippen LogP contribution is -2.32. The van der Waals surface area contributed by atoms with E-state index in [1.165, 1.54) is 35.1 Å². The van der Waals surface area contributed by atoms with Crippen molar-refractivity contribution in [2.24, 2.45) is 0 Å². The lowest BCUT2D eigenvalue weighted by molar-refractivity contribution is -0.168. The summed E-state index contributed by atoms with van der Waals surface area (Å²) in [5.41, 5.74) is 0.810. The fourth-order valence-corrected chi connectivity index (χ4v) is 2.53. The van der Waals surface area contributed by atoms with Crippen molar-refractivity contribution in [3.8, 4) is 0 Å². The second-order valence-corrected chi connectivity index (χ2v) is 6.71. The van der Waals surface area contributed by atoms with Gasteiger partial charge in [0, 0.05) is 24.8 Å². The number of carbonyl (C=O) groups is 2. The minimum Gasteiger partial charge on any atom is -0.370 e. The molecule has 0 radical (unpaired) electrons. The summed E-state index contributed by atoms with van der Waals surface area (Å²) in [5, 5.41) is 9.47. The lowest BCUT2D eigenvalue weighted by Gasteiger charge is -2.15. The number of hydrogen-bond acceptors (Lipinski definition) is 4. The van der Waals surface area contributed by atoms with Crippen molar-refractivity contribution in [2.45, 2.75) is 45.8 Å². The Kier molecular flexibility index (Phi) is 8.55. The molecular weight excluding hydrogens is 420 g/mol. The van der Waals surface area contributed by atoms with Crippen molar-refractivity contribution in [1.29, 1.82) is 0 Å². The highest BCUT2D eigenvalue weighted by molar-refractivity contribution is 6.08. The number of aryl methyl sites for hydroxylation is 1. The molecule has 2 N–H and O–H groups in total. The molecule has 0 aliphatic rings. The van der Waals surface area contributed by atoms with Gasteiger partial charge in [-0.1, -0.05) is 19.1 Å². The Morgan fingerprint density at radius 3 is 2.61 bits per heavy atom. The zero-order valence-corrected chi connectivity index (χ0v) is 17.1. The number of aromatic nitrogens is 2. The Morgan fingerprint density at radius 2 is 1.97 bits per heavy atom. The zero-order valence-electron chi connectivity index (χ0n) is 17.1. The fraction of sp³-hybridized carbons (Fsp3) is 0.450. The van der Waals surface area contributed by atoms with Gasteiger partial charge in [-0.2, -0.15) is 13.9 Å². The van der Waals surface area contributed by atoms with Gasteiger partial charge in [-0.15, -0.1) is 0 Å². The molecule has 0 bridgehead atoms. The van der Waals surface area contributed by atoms with Crippen LogP contribution >= 0.6 is 0 Å². The van der Waals surface area contributed by atoms with Crippen LogP contribution in [0, 0.1) is 0 Å². The molecule has 170 valence electrons. The molecule has 7 nitrogen and oxygen atoms in total.